The molecule has 2 aliphatic rings. The Balaban J connectivity index is 0.00000304. The molecule has 2 aliphatic heterocycles. The summed E-state index contributed by atoms with van der Waals surface area (Å²) >= 11 is 0. The number of hydrogen-bond donors (Lipinski definition) is 0. The number of alkyl halides is 3. The fourth-order valence-corrected chi connectivity index (χ4v) is 5.02. The quantitative estimate of drug-likeness (QED) is 0.506. The van der Waals surface area contributed by atoms with Gasteiger partial charge in [-0.25, -0.2) is 15.0 Å². The molecular weight excluding hydrogens is 495 g/mol. The predicted octanol–water partition coefficient (Wildman–Crippen LogP) is 3.55. The summed E-state index contributed by atoms with van der Waals surface area (Å²) in [5.74, 6) is 1.76. The van der Waals surface area contributed by atoms with E-state index in [-0.39, 0.29) is 11.6 Å². The number of fused-ring (bicyclic) bond motifs is 1. The Kier molecular flexibility index (Phi) is 7.46. The van der Waals surface area contributed by atoms with E-state index >= 15 is 0 Å². The average molecular weight is 522 g/mol. The summed E-state index contributed by atoms with van der Waals surface area (Å²) in [5.41, 5.74) is 1.43. The third-order valence-corrected chi connectivity index (χ3v) is 7.23. The van der Waals surface area contributed by atoms with Gasteiger partial charge in [-0.15, -0.1) is 0 Å². The van der Waals surface area contributed by atoms with Crippen LogP contribution in [0.1, 0.15) is 24.0 Å². The number of aromatic nitrogens is 3. The summed E-state index contributed by atoms with van der Waals surface area (Å²) in [6, 6.07) is 10.1. The van der Waals surface area contributed by atoms with Crippen molar-refractivity contribution in [1.82, 2.24) is 15.0 Å². The van der Waals surface area contributed by atoms with E-state index < -0.39 is 22.5 Å². The van der Waals surface area contributed by atoms with E-state index in [0.29, 0.717) is 37.6 Å². The Hall–Kier alpha value is -3.25. The molecule has 0 amide bonds. The maximum absolute atomic E-state index is 12.8. The molecule has 12 heteroatoms. The number of anilines is 3. The van der Waals surface area contributed by atoms with Gasteiger partial charge in [0.25, 0.3) is 0 Å². The molecule has 5 rings (SSSR count). The lowest BCUT2D eigenvalue weighted by molar-refractivity contribution is -0.137. The summed E-state index contributed by atoms with van der Waals surface area (Å²) in [6.45, 7) is 2.02. The molecule has 36 heavy (non-hydrogen) atoms. The number of hydrogen-bond acceptors (Lipinski definition) is 7. The first kappa shape index (κ1) is 25.8. The highest BCUT2D eigenvalue weighted by atomic mass is 32.2. The minimum absolute atomic E-state index is 0. The SMILES string of the molecule is CS(=O)c1ccc2c(c1)CCN2c1cc(OC2CCN(c3ccc(C(F)(F)F)cn3)CC2)ncn1.O. The second-order valence-corrected chi connectivity index (χ2v) is 9.95. The van der Waals surface area contributed by atoms with Crippen molar-refractivity contribution in [3.8, 4) is 5.88 Å². The van der Waals surface area contributed by atoms with Crippen LogP contribution in [-0.4, -0.2) is 56.6 Å². The topological polar surface area (TPSA) is 103 Å². The molecule has 1 unspecified atom stereocenters. The van der Waals surface area contributed by atoms with Gasteiger partial charge in [-0.05, 0) is 42.3 Å². The predicted molar refractivity (Wildman–Crippen MR) is 130 cm³/mol. The molecule has 0 radical (unpaired) electrons. The van der Waals surface area contributed by atoms with Crippen LogP contribution in [0.5, 0.6) is 5.88 Å². The first-order valence-electron chi connectivity index (χ1n) is 11.3. The zero-order chi connectivity index (χ0) is 24.6. The summed E-state index contributed by atoms with van der Waals surface area (Å²) in [5, 5.41) is 0. The van der Waals surface area contributed by atoms with Crippen LogP contribution in [0.25, 0.3) is 0 Å². The minimum Gasteiger partial charge on any atom is -0.474 e. The Labute approximate surface area is 208 Å². The number of ether oxygens (including phenoxy) is 1. The van der Waals surface area contributed by atoms with Gasteiger partial charge in [0.1, 0.15) is 24.1 Å². The zero-order valence-corrected chi connectivity index (χ0v) is 20.3. The maximum Gasteiger partial charge on any atom is 0.417 e. The highest BCUT2D eigenvalue weighted by Crippen LogP contribution is 2.35. The van der Waals surface area contributed by atoms with Gasteiger partial charge in [-0.3, -0.25) is 4.21 Å². The normalized spacial score (nSPS) is 16.9. The van der Waals surface area contributed by atoms with Gasteiger partial charge in [0.05, 0.1) is 5.56 Å². The van der Waals surface area contributed by atoms with Crippen LogP contribution in [-0.2, 0) is 23.4 Å². The van der Waals surface area contributed by atoms with Crippen LogP contribution in [0.15, 0.2) is 53.8 Å². The van der Waals surface area contributed by atoms with Gasteiger partial charge in [-0.2, -0.15) is 13.2 Å². The van der Waals surface area contributed by atoms with Crippen molar-refractivity contribution in [2.75, 3.05) is 35.7 Å². The van der Waals surface area contributed by atoms with Crippen LogP contribution in [0.2, 0.25) is 0 Å². The first-order chi connectivity index (χ1) is 16.8. The number of benzene rings is 1. The first-order valence-corrected chi connectivity index (χ1v) is 12.8. The number of piperidine rings is 1. The van der Waals surface area contributed by atoms with E-state index in [1.807, 2.05) is 29.2 Å². The summed E-state index contributed by atoms with van der Waals surface area (Å²) in [6.07, 6.45) is 1.83. The van der Waals surface area contributed by atoms with Gasteiger partial charge in [0.15, 0.2) is 0 Å². The standard InChI is InChI=1S/C24H24F3N5O2S.H2O/c1-35(33)19-3-4-20-16(12-19)6-11-32(20)22-13-23(30-15-29-22)34-18-7-9-31(10-8-18)21-5-2-17(14-28-21)24(25,26)27;/h2-5,12-15,18H,6-11H2,1H3;1H2. The smallest absolute Gasteiger partial charge is 0.417 e. The molecule has 0 aliphatic carbocycles. The molecule has 1 atom stereocenters. The Morgan fingerprint density at radius 1 is 1.00 bits per heavy atom. The third kappa shape index (κ3) is 5.44. The van der Waals surface area contributed by atoms with Crippen molar-refractivity contribution in [3.63, 3.8) is 0 Å². The van der Waals surface area contributed by atoms with E-state index in [1.54, 1.807) is 6.26 Å². The van der Waals surface area contributed by atoms with E-state index in [4.69, 9.17) is 4.74 Å². The second kappa shape index (κ2) is 10.4. The van der Waals surface area contributed by atoms with E-state index in [1.165, 1.54) is 12.4 Å². The van der Waals surface area contributed by atoms with E-state index in [0.717, 1.165) is 47.2 Å². The molecule has 0 bridgehead atoms. The van der Waals surface area contributed by atoms with Gasteiger partial charge in [0.2, 0.25) is 5.88 Å². The van der Waals surface area contributed by atoms with E-state index in [9.17, 15) is 17.4 Å². The summed E-state index contributed by atoms with van der Waals surface area (Å²) in [7, 11) is -1.02. The Morgan fingerprint density at radius 2 is 1.78 bits per heavy atom. The lowest BCUT2D eigenvalue weighted by atomic mass is 10.1. The molecule has 0 saturated carbocycles. The highest BCUT2D eigenvalue weighted by molar-refractivity contribution is 7.84. The van der Waals surface area contributed by atoms with Crippen molar-refractivity contribution < 1.29 is 27.6 Å². The van der Waals surface area contributed by atoms with Crippen LogP contribution < -0.4 is 14.5 Å². The summed E-state index contributed by atoms with van der Waals surface area (Å²) in [4.78, 5) is 17.6. The fraction of sp³-hybridized carbons (Fsp3) is 0.375. The van der Waals surface area contributed by atoms with Gasteiger partial charge >= 0.3 is 6.18 Å². The van der Waals surface area contributed by atoms with Gasteiger partial charge in [0, 0.05) is 72.4 Å². The van der Waals surface area contributed by atoms with Crippen LogP contribution in [0.4, 0.5) is 30.5 Å². The number of nitrogens with zero attached hydrogens (tertiary/aromatic N) is 5. The molecule has 4 heterocycles. The van der Waals surface area contributed by atoms with Crippen molar-refractivity contribution in [3.05, 3.63) is 60.0 Å². The Bertz CT molecular complexity index is 1230. The van der Waals surface area contributed by atoms with E-state index in [2.05, 4.69) is 19.9 Å². The molecule has 192 valence electrons. The van der Waals surface area contributed by atoms with Crippen molar-refractivity contribution in [1.29, 1.82) is 0 Å². The summed E-state index contributed by atoms with van der Waals surface area (Å²) < 4.78 is 56.2. The molecule has 8 nitrogen and oxygen atoms in total. The fourth-order valence-electron chi connectivity index (χ4n) is 4.45. The molecular formula is C24H26F3N5O3S. The van der Waals surface area contributed by atoms with Crippen molar-refractivity contribution >= 4 is 28.1 Å². The molecule has 1 aromatic carbocycles. The van der Waals surface area contributed by atoms with Crippen LogP contribution >= 0.6 is 0 Å². The second-order valence-electron chi connectivity index (χ2n) is 8.57. The molecule has 0 spiro atoms. The molecule has 2 aromatic heterocycles. The van der Waals surface area contributed by atoms with Gasteiger partial charge in [-0.1, -0.05) is 0 Å². The van der Waals surface area contributed by atoms with Gasteiger partial charge < -0.3 is 20.0 Å². The van der Waals surface area contributed by atoms with Crippen LogP contribution in [0, 0.1) is 0 Å². The lowest BCUT2D eigenvalue weighted by Crippen LogP contribution is -2.38. The molecule has 1 fully saturated rings. The zero-order valence-electron chi connectivity index (χ0n) is 19.5. The monoisotopic (exact) mass is 521 g/mol. The number of pyridine rings is 1. The highest BCUT2D eigenvalue weighted by Gasteiger charge is 2.31. The lowest BCUT2D eigenvalue weighted by Gasteiger charge is -2.32. The van der Waals surface area contributed by atoms with Crippen molar-refractivity contribution in [2.45, 2.75) is 36.4 Å². The Morgan fingerprint density at radius 3 is 2.44 bits per heavy atom. The number of rotatable bonds is 5. The van der Waals surface area contributed by atoms with Crippen LogP contribution in [0.3, 0.4) is 0 Å². The third-order valence-electron chi connectivity index (χ3n) is 6.31. The largest absolute Gasteiger partial charge is 0.474 e. The maximum atomic E-state index is 12.8. The average Bonchev–Trinajstić information content (AvgIpc) is 3.28. The molecule has 1 saturated heterocycles. The molecule has 2 N–H and O–H groups in total. The molecule has 3 aromatic rings. The minimum atomic E-state index is -4.39. The number of halogens is 3. The van der Waals surface area contributed by atoms with Crippen molar-refractivity contribution in [2.24, 2.45) is 0 Å².